The fourth-order valence-corrected chi connectivity index (χ4v) is 2.05. The molecule has 18 heavy (non-hydrogen) atoms. The molecule has 1 atom stereocenters. The summed E-state index contributed by atoms with van der Waals surface area (Å²) in [5, 5.41) is 8.91. The summed E-state index contributed by atoms with van der Waals surface area (Å²) < 4.78 is 14.1. The van der Waals surface area contributed by atoms with Crippen LogP contribution in [-0.4, -0.2) is 11.7 Å². The molecule has 1 nitrogen and oxygen atoms in total. The standard InChI is InChI=1S/C16H17FO/c1-12(9-10-18)14-7-8-15(16(17)11-14)13-5-3-2-4-6-13/h2-8,11-12,18H,9-10H2,1H3. The summed E-state index contributed by atoms with van der Waals surface area (Å²) in [7, 11) is 0. The SMILES string of the molecule is CC(CCO)c1ccc(-c2ccccc2)c(F)c1. The molecule has 0 bridgehead atoms. The zero-order valence-electron chi connectivity index (χ0n) is 10.4. The average Bonchev–Trinajstić information content (AvgIpc) is 2.40. The van der Waals surface area contributed by atoms with Crippen molar-refractivity contribution in [2.45, 2.75) is 19.3 Å². The van der Waals surface area contributed by atoms with Gasteiger partial charge in [-0.15, -0.1) is 0 Å². The number of hydrogen-bond acceptors (Lipinski definition) is 1. The molecule has 1 unspecified atom stereocenters. The summed E-state index contributed by atoms with van der Waals surface area (Å²) in [5.74, 6) is -0.0298. The second kappa shape index (κ2) is 5.78. The highest BCUT2D eigenvalue weighted by molar-refractivity contribution is 5.64. The van der Waals surface area contributed by atoms with Crippen LogP contribution in [0.1, 0.15) is 24.8 Å². The molecule has 0 amide bonds. The molecular weight excluding hydrogens is 227 g/mol. The van der Waals surface area contributed by atoms with E-state index in [2.05, 4.69) is 0 Å². The minimum Gasteiger partial charge on any atom is -0.396 e. The van der Waals surface area contributed by atoms with E-state index in [9.17, 15) is 4.39 Å². The zero-order valence-corrected chi connectivity index (χ0v) is 10.4. The number of aliphatic hydroxyl groups excluding tert-OH is 1. The van der Waals surface area contributed by atoms with Crippen molar-refractivity contribution in [2.24, 2.45) is 0 Å². The second-order valence-electron chi connectivity index (χ2n) is 4.52. The Morgan fingerprint density at radius 3 is 2.44 bits per heavy atom. The molecule has 2 aromatic carbocycles. The van der Waals surface area contributed by atoms with Gasteiger partial charge in [-0.25, -0.2) is 4.39 Å². The van der Waals surface area contributed by atoms with Crippen molar-refractivity contribution in [2.75, 3.05) is 6.61 Å². The van der Waals surface area contributed by atoms with Crippen molar-refractivity contribution in [3.05, 3.63) is 59.9 Å². The maximum Gasteiger partial charge on any atom is 0.131 e. The molecule has 0 aliphatic rings. The van der Waals surface area contributed by atoms with E-state index in [0.29, 0.717) is 12.0 Å². The Labute approximate surface area is 107 Å². The lowest BCUT2D eigenvalue weighted by atomic mass is 9.95. The summed E-state index contributed by atoms with van der Waals surface area (Å²) in [5.41, 5.74) is 2.44. The predicted octanol–water partition coefficient (Wildman–Crippen LogP) is 3.98. The van der Waals surface area contributed by atoms with Crippen molar-refractivity contribution < 1.29 is 9.50 Å². The molecule has 0 aliphatic heterocycles. The normalized spacial score (nSPS) is 12.4. The first-order valence-electron chi connectivity index (χ1n) is 6.18. The van der Waals surface area contributed by atoms with E-state index in [1.165, 1.54) is 0 Å². The summed E-state index contributed by atoms with van der Waals surface area (Å²) in [6.45, 7) is 2.12. The molecule has 0 spiro atoms. The highest BCUT2D eigenvalue weighted by Gasteiger charge is 2.09. The Morgan fingerprint density at radius 2 is 1.83 bits per heavy atom. The Morgan fingerprint density at radius 1 is 1.11 bits per heavy atom. The van der Waals surface area contributed by atoms with Crippen LogP contribution in [0.25, 0.3) is 11.1 Å². The van der Waals surface area contributed by atoms with Gasteiger partial charge in [0.15, 0.2) is 0 Å². The number of rotatable bonds is 4. The van der Waals surface area contributed by atoms with Gasteiger partial charge in [-0.2, -0.15) is 0 Å². The van der Waals surface area contributed by atoms with Crippen LogP contribution in [0.5, 0.6) is 0 Å². The van der Waals surface area contributed by atoms with Crippen LogP contribution >= 0.6 is 0 Å². The quantitative estimate of drug-likeness (QED) is 0.862. The van der Waals surface area contributed by atoms with Gasteiger partial charge in [-0.05, 0) is 29.5 Å². The van der Waals surface area contributed by atoms with Gasteiger partial charge >= 0.3 is 0 Å². The molecule has 1 N–H and O–H groups in total. The topological polar surface area (TPSA) is 20.2 Å². The first-order chi connectivity index (χ1) is 8.72. The number of halogens is 1. The monoisotopic (exact) mass is 244 g/mol. The van der Waals surface area contributed by atoms with Crippen LogP contribution in [0.4, 0.5) is 4.39 Å². The van der Waals surface area contributed by atoms with Crippen molar-refractivity contribution in [1.82, 2.24) is 0 Å². The Balaban J connectivity index is 2.31. The molecule has 0 saturated carbocycles. The maximum atomic E-state index is 14.1. The second-order valence-corrected chi connectivity index (χ2v) is 4.52. The fourth-order valence-electron chi connectivity index (χ4n) is 2.05. The molecule has 0 aromatic heterocycles. The minimum atomic E-state index is -0.205. The molecule has 0 fully saturated rings. The van der Waals surface area contributed by atoms with Gasteiger partial charge in [-0.1, -0.05) is 49.4 Å². The summed E-state index contributed by atoms with van der Waals surface area (Å²) in [4.78, 5) is 0. The van der Waals surface area contributed by atoms with E-state index < -0.39 is 0 Å². The Hall–Kier alpha value is -1.67. The maximum absolute atomic E-state index is 14.1. The summed E-state index contributed by atoms with van der Waals surface area (Å²) in [6.07, 6.45) is 0.657. The lowest BCUT2D eigenvalue weighted by Crippen LogP contribution is -1.98. The Kier molecular flexibility index (Phi) is 4.11. The largest absolute Gasteiger partial charge is 0.396 e. The summed E-state index contributed by atoms with van der Waals surface area (Å²) >= 11 is 0. The lowest BCUT2D eigenvalue weighted by molar-refractivity contribution is 0.278. The molecule has 94 valence electrons. The van der Waals surface area contributed by atoms with Crippen LogP contribution in [0.3, 0.4) is 0 Å². The van der Waals surface area contributed by atoms with Gasteiger partial charge in [0.1, 0.15) is 5.82 Å². The van der Waals surface area contributed by atoms with E-state index in [0.717, 1.165) is 11.1 Å². The minimum absolute atomic E-state index is 0.128. The third-order valence-corrected chi connectivity index (χ3v) is 3.21. The number of aliphatic hydroxyl groups is 1. The highest BCUT2D eigenvalue weighted by Crippen LogP contribution is 2.27. The van der Waals surface area contributed by atoms with E-state index >= 15 is 0 Å². The van der Waals surface area contributed by atoms with Crippen LogP contribution < -0.4 is 0 Å². The third-order valence-electron chi connectivity index (χ3n) is 3.21. The molecule has 2 rings (SSSR count). The van der Waals surface area contributed by atoms with Gasteiger partial charge in [0.25, 0.3) is 0 Å². The molecular formula is C16H17FO. The van der Waals surface area contributed by atoms with Gasteiger partial charge < -0.3 is 5.11 Å². The molecule has 0 aliphatic carbocycles. The number of hydrogen-bond donors (Lipinski definition) is 1. The average molecular weight is 244 g/mol. The zero-order chi connectivity index (χ0) is 13.0. The van der Waals surface area contributed by atoms with Crippen LogP contribution in [-0.2, 0) is 0 Å². The van der Waals surface area contributed by atoms with Crippen molar-refractivity contribution >= 4 is 0 Å². The van der Waals surface area contributed by atoms with Gasteiger partial charge in [0.05, 0.1) is 0 Å². The van der Waals surface area contributed by atoms with Gasteiger partial charge in [0, 0.05) is 12.2 Å². The predicted molar refractivity (Wildman–Crippen MR) is 72.0 cm³/mol. The van der Waals surface area contributed by atoms with Crippen molar-refractivity contribution in [3.8, 4) is 11.1 Å². The first-order valence-corrected chi connectivity index (χ1v) is 6.18. The lowest BCUT2D eigenvalue weighted by Gasteiger charge is -2.12. The molecule has 0 saturated heterocycles. The highest BCUT2D eigenvalue weighted by atomic mass is 19.1. The smallest absolute Gasteiger partial charge is 0.131 e. The van der Waals surface area contributed by atoms with E-state index in [1.54, 1.807) is 6.07 Å². The van der Waals surface area contributed by atoms with Crippen molar-refractivity contribution in [3.63, 3.8) is 0 Å². The first kappa shape index (κ1) is 12.8. The molecule has 2 heteroatoms. The van der Waals surface area contributed by atoms with Crippen molar-refractivity contribution in [1.29, 1.82) is 0 Å². The van der Waals surface area contributed by atoms with E-state index in [4.69, 9.17) is 5.11 Å². The van der Waals surface area contributed by atoms with Gasteiger partial charge in [-0.3, -0.25) is 0 Å². The fraction of sp³-hybridized carbons (Fsp3) is 0.250. The molecule has 0 radical (unpaired) electrons. The molecule has 2 aromatic rings. The summed E-state index contributed by atoms with van der Waals surface area (Å²) in [6, 6.07) is 14.8. The van der Waals surface area contributed by atoms with Crippen LogP contribution in [0.15, 0.2) is 48.5 Å². The number of benzene rings is 2. The third kappa shape index (κ3) is 2.77. The Bertz CT molecular complexity index is 508. The molecule has 0 heterocycles. The van der Waals surface area contributed by atoms with Crippen LogP contribution in [0, 0.1) is 5.82 Å². The van der Waals surface area contributed by atoms with E-state index in [-0.39, 0.29) is 18.3 Å². The van der Waals surface area contributed by atoms with Gasteiger partial charge in [0.2, 0.25) is 0 Å². The van der Waals surface area contributed by atoms with E-state index in [1.807, 2.05) is 49.4 Å². The van der Waals surface area contributed by atoms with Crippen LogP contribution in [0.2, 0.25) is 0 Å².